The SMILES string of the molecule is COC(=O)CCn1ccc2ccc(C#N)cc21. The molecule has 1 aromatic heterocycles. The zero-order valence-corrected chi connectivity index (χ0v) is 9.51. The highest BCUT2D eigenvalue weighted by Gasteiger charge is 2.05. The number of ether oxygens (including phenoxy) is 1. The molecule has 86 valence electrons. The van der Waals surface area contributed by atoms with Gasteiger partial charge in [-0.1, -0.05) is 6.07 Å². The molecular formula is C13H12N2O2. The van der Waals surface area contributed by atoms with Crippen LogP contribution in [-0.4, -0.2) is 17.6 Å². The predicted molar refractivity (Wildman–Crippen MR) is 63.3 cm³/mol. The van der Waals surface area contributed by atoms with E-state index in [0.29, 0.717) is 18.5 Å². The topological polar surface area (TPSA) is 55.0 Å². The molecule has 0 bridgehead atoms. The van der Waals surface area contributed by atoms with Crippen molar-refractivity contribution in [2.45, 2.75) is 13.0 Å². The van der Waals surface area contributed by atoms with Gasteiger partial charge in [0.2, 0.25) is 0 Å². The fourth-order valence-corrected chi connectivity index (χ4v) is 1.76. The average Bonchev–Trinajstić information content (AvgIpc) is 2.78. The molecule has 0 saturated heterocycles. The first-order valence-corrected chi connectivity index (χ1v) is 5.30. The van der Waals surface area contributed by atoms with Crippen LogP contribution >= 0.6 is 0 Å². The monoisotopic (exact) mass is 228 g/mol. The number of hydrogen-bond acceptors (Lipinski definition) is 3. The van der Waals surface area contributed by atoms with Gasteiger partial charge in [0.1, 0.15) is 0 Å². The summed E-state index contributed by atoms with van der Waals surface area (Å²) in [6.45, 7) is 0.561. The number of nitrogens with zero attached hydrogens (tertiary/aromatic N) is 2. The second-order valence-corrected chi connectivity index (χ2v) is 3.72. The quantitative estimate of drug-likeness (QED) is 0.756. The molecule has 0 amide bonds. The number of benzene rings is 1. The minimum Gasteiger partial charge on any atom is -0.469 e. The number of carbonyl (C=O) groups excluding carboxylic acids is 1. The number of methoxy groups -OCH3 is 1. The molecule has 1 heterocycles. The minimum atomic E-state index is -0.233. The Hall–Kier alpha value is -2.28. The van der Waals surface area contributed by atoms with Crippen LogP contribution in [-0.2, 0) is 16.1 Å². The molecule has 1 aromatic carbocycles. The molecule has 0 fully saturated rings. The number of esters is 1. The normalized spacial score (nSPS) is 10.1. The summed E-state index contributed by atoms with van der Waals surface area (Å²) in [4.78, 5) is 11.1. The molecular weight excluding hydrogens is 216 g/mol. The van der Waals surface area contributed by atoms with Gasteiger partial charge < -0.3 is 9.30 Å². The molecule has 2 rings (SSSR count). The average molecular weight is 228 g/mol. The third-order valence-electron chi connectivity index (χ3n) is 2.69. The van der Waals surface area contributed by atoms with Gasteiger partial charge >= 0.3 is 5.97 Å². The lowest BCUT2D eigenvalue weighted by atomic mass is 10.2. The van der Waals surface area contributed by atoms with Gasteiger partial charge in [-0.2, -0.15) is 5.26 Å². The molecule has 0 aliphatic carbocycles. The van der Waals surface area contributed by atoms with Crippen LogP contribution in [0.5, 0.6) is 0 Å². The summed E-state index contributed by atoms with van der Waals surface area (Å²) in [5.41, 5.74) is 1.59. The molecule has 4 nitrogen and oxygen atoms in total. The van der Waals surface area contributed by atoms with Gasteiger partial charge in [0.05, 0.1) is 25.2 Å². The number of aromatic nitrogens is 1. The lowest BCUT2D eigenvalue weighted by Crippen LogP contribution is -2.06. The number of nitriles is 1. The fraction of sp³-hybridized carbons (Fsp3) is 0.231. The summed E-state index contributed by atoms with van der Waals surface area (Å²) in [6.07, 6.45) is 2.24. The van der Waals surface area contributed by atoms with Crippen molar-refractivity contribution in [1.82, 2.24) is 4.57 Å². The summed E-state index contributed by atoms with van der Waals surface area (Å²) >= 11 is 0. The number of aryl methyl sites for hydroxylation is 1. The maximum atomic E-state index is 11.1. The van der Waals surface area contributed by atoms with Crippen LogP contribution in [0.15, 0.2) is 30.5 Å². The summed E-state index contributed by atoms with van der Waals surface area (Å²) in [7, 11) is 1.38. The minimum absolute atomic E-state index is 0.233. The Balaban J connectivity index is 2.28. The van der Waals surface area contributed by atoms with E-state index in [1.807, 2.05) is 29.0 Å². The summed E-state index contributed by atoms with van der Waals surface area (Å²) in [6, 6.07) is 9.59. The van der Waals surface area contributed by atoms with E-state index in [9.17, 15) is 4.79 Å². The van der Waals surface area contributed by atoms with Gasteiger partial charge in [-0.05, 0) is 23.6 Å². The van der Waals surface area contributed by atoms with Gasteiger partial charge in [0, 0.05) is 18.3 Å². The Morgan fingerprint density at radius 3 is 3.00 bits per heavy atom. The standard InChI is InChI=1S/C13H12N2O2/c1-17-13(16)5-7-15-6-4-11-3-2-10(9-14)8-12(11)15/h2-4,6,8H,5,7H2,1H3. The molecule has 0 aliphatic heterocycles. The Morgan fingerprint density at radius 1 is 1.47 bits per heavy atom. The molecule has 0 atom stereocenters. The van der Waals surface area contributed by atoms with E-state index >= 15 is 0 Å². The van der Waals surface area contributed by atoms with Crippen LogP contribution in [0, 0.1) is 11.3 Å². The van der Waals surface area contributed by atoms with E-state index in [1.54, 1.807) is 6.07 Å². The largest absolute Gasteiger partial charge is 0.469 e. The van der Waals surface area contributed by atoms with Gasteiger partial charge in [-0.25, -0.2) is 0 Å². The van der Waals surface area contributed by atoms with Crippen LogP contribution in [0.2, 0.25) is 0 Å². The van der Waals surface area contributed by atoms with Crippen LogP contribution < -0.4 is 0 Å². The zero-order chi connectivity index (χ0) is 12.3. The van der Waals surface area contributed by atoms with E-state index in [-0.39, 0.29) is 5.97 Å². The lowest BCUT2D eigenvalue weighted by molar-refractivity contribution is -0.140. The number of carbonyl (C=O) groups is 1. The van der Waals surface area contributed by atoms with Crippen molar-refractivity contribution >= 4 is 16.9 Å². The van der Waals surface area contributed by atoms with Crippen molar-refractivity contribution in [2.24, 2.45) is 0 Å². The highest BCUT2D eigenvalue weighted by atomic mass is 16.5. The van der Waals surface area contributed by atoms with Crippen molar-refractivity contribution in [1.29, 1.82) is 5.26 Å². The summed E-state index contributed by atoms with van der Waals surface area (Å²) in [5, 5.41) is 9.91. The van der Waals surface area contributed by atoms with Crippen molar-refractivity contribution in [3.63, 3.8) is 0 Å². The van der Waals surface area contributed by atoms with Crippen molar-refractivity contribution < 1.29 is 9.53 Å². The van der Waals surface area contributed by atoms with Gasteiger partial charge in [0.25, 0.3) is 0 Å². The Labute approximate surface area is 99.0 Å². The van der Waals surface area contributed by atoms with E-state index in [4.69, 9.17) is 5.26 Å². The second-order valence-electron chi connectivity index (χ2n) is 3.72. The molecule has 0 radical (unpaired) electrons. The third kappa shape index (κ3) is 2.28. The van der Waals surface area contributed by atoms with Crippen molar-refractivity contribution in [3.05, 3.63) is 36.0 Å². The first-order valence-electron chi connectivity index (χ1n) is 5.30. The van der Waals surface area contributed by atoms with E-state index in [2.05, 4.69) is 10.8 Å². The van der Waals surface area contributed by atoms with Crippen molar-refractivity contribution in [3.8, 4) is 6.07 Å². The van der Waals surface area contributed by atoms with E-state index in [1.165, 1.54) is 7.11 Å². The maximum absolute atomic E-state index is 11.1. The summed E-state index contributed by atoms with van der Waals surface area (Å²) in [5.74, 6) is -0.233. The highest BCUT2D eigenvalue weighted by Crippen LogP contribution is 2.17. The molecule has 0 spiro atoms. The highest BCUT2D eigenvalue weighted by molar-refractivity contribution is 5.81. The molecule has 0 aliphatic rings. The molecule has 0 saturated carbocycles. The van der Waals surface area contributed by atoms with Gasteiger partial charge in [-0.15, -0.1) is 0 Å². The van der Waals surface area contributed by atoms with E-state index in [0.717, 1.165) is 10.9 Å². The van der Waals surface area contributed by atoms with Crippen LogP contribution in [0.25, 0.3) is 10.9 Å². The number of rotatable bonds is 3. The van der Waals surface area contributed by atoms with Crippen LogP contribution in [0.1, 0.15) is 12.0 Å². The summed E-state index contributed by atoms with van der Waals surface area (Å²) < 4.78 is 6.55. The van der Waals surface area contributed by atoms with Crippen LogP contribution in [0.4, 0.5) is 0 Å². The molecule has 17 heavy (non-hydrogen) atoms. The smallest absolute Gasteiger partial charge is 0.307 e. The molecule has 0 unspecified atom stereocenters. The molecule has 2 aromatic rings. The predicted octanol–water partition coefficient (Wildman–Crippen LogP) is 2.08. The Morgan fingerprint density at radius 2 is 2.29 bits per heavy atom. The maximum Gasteiger partial charge on any atom is 0.307 e. The van der Waals surface area contributed by atoms with Crippen molar-refractivity contribution in [2.75, 3.05) is 7.11 Å². The van der Waals surface area contributed by atoms with E-state index < -0.39 is 0 Å². The fourth-order valence-electron chi connectivity index (χ4n) is 1.76. The number of hydrogen-bond donors (Lipinski definition) is 0. The van der Waals surface area contributed by atoms with Gasteiger partial charge in [0.15, 0.2) is 0 Å². The molecule has 0 N–H and O–H groups in total. The van der Waals surface area contributed by atoms with Crippen LogP contribution in [0.3, 0.4) is 0 Å². The number of fused-ring (bicyclic) bond motifs is 1. The second kappa shape index (κ2) is 4.71. The zero-order valence-electron chi connectivity index (χ0n) is 9.51. The lowest BCUT2D eigenvalue weighted by Gasteiger charge is -2.04. The Kier molecular flexibility index (Phi) is 3.10. The third-order valence-corrected chi connectivity index (χ3v) is 2.69. The Bertz CT molecular complexity index is 593. The first kappa shape index (κ1) is 11.2. The van der Waals surface area contributed by atoms with Gasteiger partial charge in [-0.3, -0.25) is 4.79 Å². The first-order chi connectivity index (χ1) is 8.24. The molecule has 4 heteroatoms.